The Morgan fingerprint density at radius 1 is 1.38 bits per heavy atom. The summed E-state index contributed by atoms with van der Waals surface area (Å²) in [4.78, 5) is 9.01. The lowest BCUT2D eigenvalue weighted by atomic mass is 10.1. The van der Waals surface area contributed by atoms with E-state index in [4.69, 9.17) is 0 Å². The highest BCUT2D eigenvalue weighted by molar-refractivity contribution is 5.79. The molecular weight excluding hydrogens is 260 g/mol. The van der Waals surface area contributed by atoms with Crippen molar-refractivity contribution in [3.63, 3.8) is 0 Å². The molecule has 0 amide bonds. The van der Waals surface area contributed by atoms with Crippen molar-refractivity contribution in [1.82, 2.24) is 15.1 Å². The minimum atomic E-state index is 0.634. The lowest BCUT2D eigenvalue weighted by molar-refractivity contribution is 0.306. The summed E-state index contributed by atoms with van der Waals surface area (Å²) in [7, 11) is 6.15. The number of aliphatic imine (C=N–C) groups is 1. The molecule has 1 fully saturated rings. The number of nitrogens with one attached hydrogen (secondary N) is 1. The molecule has 0 aliphatic carbocycles. The minimum absolute atomic E-state index is 0.634. The lowest BCUT2D eigenvalue weighted by Gasteiger charge is -2.25. The van der Waals surface area contributed by atoms with Crippen LogP contribution in [0.1, 0.15) is 24.0 Å². The lowest BCUT2D eigenvalue weighted by Crippen LogP contribution is -2.44. The SMILES string of the molecule is CN=C(NCC1CCCN1C)N(C)Cc1ccc(C)cc1. The molecule has 0 bridgehead atoms. The van der Waals surface area contributed by atoms with Crippen LogP contribution in [0.25, 0.3) is 0 Å². The average Bonchev–Trinajstić information content (AvgIpc) is 2.88. The van der Waals surface area contributed by atoms with Crippen molar-refractivity contribution in [1.29, 1.82) is 0 Å². The van der Waals surface area contributed by atoms with E-state index < -0.39 is 0 Å². The molecule has 0 aromatic heterocycles. The molecule has 1 unspecified atom stereocenters. The second-order valence-electron chi connectivity index (χ2n) is 6.05. The third-order valence-corrected chi connectivity index (χ3v) is 4.28. The van der Waals surface area contributed by atoms with Gasteiger partial charge in [-0.25, -0.2) is 0 Å². The molecule has 0 radical (unpaired) electrons. The normalized spacial score (nSPS) is 19.8. The smallest absolute Gasteiger partial charge is 0.193 e. The van der Waals surface area contributed by atoms with Crippen molar-refractivity contribution in [2.45, 2.75) is 32.4 Å². The van der Waals surface area contributed by atoms with E-state index in [0.29, 0.717) is 6.04 Å². The molecule has 1 aliphatic rings. The Hall–Kier alpha value is -1.55. The molecule has 0 spiro atoms. The Morgan fingerprint density at radius 3 is 2.67 bits per heavy atom. The second kappa shape index (κ2) is 7.46. The molecule has 1 aromatic carbocycles. The molecule has 4 heteroatoms. The van der Waals surface area contributed by atoms with Crippen LogP contribution >= 0.6 is 0 Å². The summed E-state index contributed by atoms with van der Waals surface area (Å²) >= 11 is 0. The molecule has 116 valence electrons. The highest BCUT2D eigenvalue weighted by Gasteiger charge is 2.21. The number of rotatable bonds is 4. The summed E-state index contributed by atoms with van der Waals surface area (Å²) in [5.74, 6) is 0.968. The van der Waals surface area contributed by atoms with Crippen molar-refractivity contribution in [2.24, 2.45) is 4.99 Å². The molecule has 1 aliphatic heterocycles. The first-order valence-electron chi connectivity index (χ1n) is 7.77. The number of likely N-dealkylation sites (N-methyl/N-ethyl adjacent to an activating group) is 1. The van der Waals surface area contributed by atoms with Gasteiger partial charge in [0.15, 0.2) is 5.96 Å². The van der Waals surface area contributed by atoms with Crippen molar-refractivity contribution in [2.75, 3.05) is 34.2 Å². The number of aryl methyl sites for hydroxylation is 1. The first-order valence-corrected chi connectivity index (χ1v) is 7.77. The summed E-state index contributed by atoms with van der Waals surface area (Å²) in [5.41, 5.74) is 2.61. The summed E-state index contributed by atoms with van der Waals surface area (Å²) < 4.78 is 0. The van der Waals surface area contributed by atoms with E-state index in [9.17, 15) is 0 Å². The topological polar surface area (TPSA) is 30.9 Å². The fourth-order valence-corrected chi connectivity index (χ4v) is 2.87. The van der Waals surface area contributed by atoms with Crippen LogP contribution in [-0.2, 0) is 6.54 Å². The molecule has 1 saturated heterocycles. The Labute approximate surface area is 128 Å². The predicted molar refractivity (Wildman–Crippen MR) is 89.7 cm³/mol. The summed E-state index contributed by atoms with van der Waals surface area (Å²) in [6.07, 6.45) is 2.59. The average molecular weight is 288 g/mol. The van der Waals surface area contributed by atoms with Gasteiger partial charge in [0.05, 0.1) is 0 Å². The molecule has 1 atom stereocenters. The second-order valence-corrected chi connectivity index (χ2v) is 6.05. The van der Waals surface area contributed by atoms with Crippen LogP contribution in [0.4, 0.5) is 0 Å². The Balaban J connectivity index is 1.86. The summed E-state index contributed by atoms with van der Waals surface area (Å²) in [6, 6.07) is 9.32. The molecule has 1 aromatic rings. The maximum absolute atomic E-state index is 4.40. The van der Waals surface area contributed by atoms with Gasteiger partial charge in [0.2, 0.25) is 0 Å². The number of likely N-dealkylation sites (tertiary alicyclic amines) is 1. The van der Waals surface area contributed by atoms with E-state index in [1.165, 1.54) is 30.5 Å². The van der Waals surface area contributed by atoms with Gasteiger partial charge in [0.1, 0.15) is 0 Å². The van der Waals surface area contributed by atoms with Crippen molar-refractivity contribution < 1.29 is 0 Å². The van der Waals surface area contributed by atoms with Gasteiger partial charge in [-0.2, -0.15) is 0 Å². The number of benzene rings is 1. The Morgan fingerprint density at radius 2 is 2.10 bits per heavy atom. The van der Waals surface area contributed by atoms with Crippen molar-refractivity contribution >= 4 is 5.96 Å². The van der Waals surface area contributed by atoms with Crippen LogP contribution < -0.4 is 5.32 Å². The largest absolute Gasteiger partial charge is 0.355 e. The number of hydrogen-bond acceptors (Lipinski definition) is 2. The van der Waals surface area contributed by atoms with E-state index in [1.807, 2.05) is 7.05 Å². The van der Waals surface area contributed by atoms with Crippen LogP contribution in [0, 0.1) is 6.92 Å². The zero-order chi connectivity index (χ0) is 15.2. The predicted octanol–water partition coefficient (Wildman–Crippen LogP) is 2.10. The summed E-state index contributed by atoms with van der Waals surface area (Å²) in [6.45, 7) is 5.18. The molecule has 1 N–H and O–H groups in total. The van der Waals surface area contributed by atoms with Crippen molar-refractivity contribution in [3.05, 3.63) is 35.4 Å². The van der Waals surface area contributed by atoms with E-state index in [-0.39, 0.29) is 0 Å². The van der Waals surface area contributed by atoms with Crippen LogP contribution in [0.3, 0.4) is 0 Å². The van der Waals surface area contributed by atoms with Gasteiger partial charge in [0.25, 0.3) is 0 Å². The van der Waals surface area contributed by atoms with Gasteiger partial charge in [-0.3, -0.25) is 4.99 Å². The summed E-state index contributed by atoms with van der Waals surface area (Å²) in [5, 5.41) is 3.51. The first-order chi connectivity index (χ1) is 10.1. The number of guanidine groups is 1. The van der Waals surface area contributed by atoms with Crippen LogP contribution in [0.5, 0.6) is 0 Å². The van der Waals surface area contributed by atoms with Crippen molar-refractivity contribution in [3.8, 4) is 0 Å². The quantitative estimate of drug-likeness (QED) is 0.680. The first kappa shape index (κ1) is 15.8. The van der Waals surface area contributed by atoms with Gasteiger partial charge >= 0.3 is 0 Å². The van der Waals surface area contributed by atoms with Crippen LogP contribution in [0.15, 0.2) is 29.3 Å². The Kier molecular flexibility index (Phi) is 5.62. The number of hydrogen-bond donors (Lipinski definition) is 1. The van der Waals surface area contributed by atoms with Gasteiger partial charge in [-0.1, -0.05) is 29.8 Å². The van der Waals surface area contributed by atoms with Crippen LogP contribution in [0.2, 0.25) is 0 Å². The third-order valence-electron chi connectivity index (χ3n) is 4.28. The third kappa shape index (κ3) is 4.46. The van der Waals surface area contributed by atoms with Gasteiger partial charge in [0, 0.05) is 33.2 Å². The fourth-order valence-electron chi connectivity index (χ4n) is 2.87. The fraction of sp³-hybridized carbons (Fsp3) is 0.588. The monoisotopic (exact) mass is 288 g/mol. The van der Waals surface area contributed by atoms with E-state index in [2.05, 4.69) is 65.4 Å². The molecule has 0 saturated carbocycles. The molecule has 1 heterocycles. The standard InChI is InChI=1S/C17H28N4/c1-14-7-9-15(10-8-14)13-21(4)17(18-2)19-12-16-6-5-11-20(16)3/h7-10,16H,5-6,11-13H2,1-4H3,(H,18,19). The minimum Gasteiger partial charge on any atom is -0.355 e. The number of nitrogens with zero attached hydrogens (tertiary/aromatic N) is 3. The van der Waals surface area contributed by atoms with E-state index >= 15 is 0 Å². The van der Waals surface area contributed by atoms with Crippen LogP contribution in [-0.4, -0.2) is 56.0 Å². The maximum atomic E-state index is 4.40. The molecular formula is C17H28N4. The van der Waals surface area contributed by atoms with Gasteiger partial charge in [-0.05, 0) is 38.9 Å². The van der Waals surface area contributed by atoms with E-state index in [1.54, 1.807) is 0 Å². The molecule has 2 rings (SSSR count). The highest BCUT2D eigenvalue weighted by Crippen LogP contribution is 2.13. The van der Waals surface area contributed by atoms with Gasteiger partial charge in [-0.15, -0.1) is 0 Å². The zero-order valence-electron chi connectivity index (χ0n) is 13.8. The zero-order valence-corrected chi connectivity index (χ0v) is 13.8. The molecule has 4 nitrogen and oxygen atoms in total. The van der Waals surface area contributed by atoms with Gasteiger partial charge < -0.3 is 15.1 Å². The molecule has 21 heavy (non-hydrogen) atoms. The van der Waals surface area contributed by atoms with E-state index in [0.717, 1.165) is 19.0 Å². The Bertz CT molecular complexity index is 466. The highest BCUT2D eigenvalue weighted by atomic mass is 15.3. The maximum Gasteiger partial charge on any atom is 0.193 e.